The maximum Gasteiger partial charge on any atom is 0.233 e. The summed E-state index contributed by atoms with van der Waals surface area (Å²) in [6.07, 6.45) is 2.07. The summed E-state index contributed by atoms with van der Waals surface area (Å²) >= 11 is 1.56. The molecule has 2 aromatic heterocycles. The number of fused-ring (bicyclic) bond motifs is 1. The molecule has 3 rings (SSSR count). The zero-order valence-corrected chi connectivity index (χ0v) is 15.7. The lowest BCUT2D eigenvalue weighted by Gasteiger charge is -2.25. The molecule has 0 spiro atoms. The lowest BCUT2D eigenvalue weighted by molar-refractivity contribution is -0.130. The van der Waals surface area contributed by atoms with Crippen molar-refractivity contribution in [1.29, 1.82) is 0 Å². The standard InChI is InChI=1S/C18H22N4O2S/c1-12(2)22(10-17-19-13(3)24-20-17)18(23)11-25-16-9-21(4)15-8-6-5-7-14(15)16/h5-9,12H,10-11H2,1-4H3. The molecule has 0 N–H and O–H groups in total. The normalized spacial score (nSPS) is 11.4. The molecule has 0 saturated heterocycles. The van der Waals surface area contributed by atoms with Crippen LogP contribution < -0.4 is 0 Å². The van der Waals surface area contributed by atoms with Crippen LogP contribution in [0.15, 0.2) is 39.9 Å². The van der Waals surface area contributed by atoms with Crippen LogP contribution in [0.4, 0.5) is 0 Å². The first kappa shape index (κ1) is 17.5. The summed E-state index contributed by atoms with van der Waals surface area (Å²) in [4.78, 5) is 19.8. The zero-order chi connectivity index (χ0) is 18.0. The lowest BCUT2D eigenvalue weighted by atomic mass is 10.2. The molecule has 2 heterocycles. The molecule has 132 valence electrons. The molecule has 0 fully saturated rings. The predicted octanol–water partition coefficient (Wildman–Crippen LogP) is 3.40. The molecule has 6 nitrogen and oxygen atoms in total. The largest absolute Gasteiger partial charge is 0.349 e. The van der Waals surface area contributed by atoms with Gasteiger partial charge in [-0.15, -0.1) is 11.8 Å². The van der Waals surface area contributed by atoms with E-state index in [9.17, 15) is 4.79 Å². The number of thioether (sulfide) groups is 1. The molecule has 1 aromatic carbocycles. The number of hydrogen-bond acceptors (Lipinski definition) is 5. The van der Waals surface area contributed by atoms with E-state index in [-0.39, 0.29) is 11.9 Å². The van der Waals surface area contributed by atoms with E-state index in [0.717, 1.165) is 4.90 Å². The van der Waals surface area contributed by atoms with E-state index < -0.39 is 0 Å². The molecule has 0 unspecified atom stereocenters. The fourth-order valence-corrected chi connectivity index (χ4v) is 3.76. The van der Waals surface area contributed by atoms with Crippen molar-refractivity contribution in [2.24, 2.45) is 7.05 Å². The SMILES string of the molecule is Cc1nc(CN(C(=O)CSc2cn(C)c3ccccc23)C(C)C)no1. The van der Waals surface area contributed by atoms with Crippen molar-refractivity contribution in [3.8, 4) is 0 Å². The fourth-order valence-electron chi connectivity index (χ4n) is 2.76. The molecule has 0 aliphatic carbocycles. The van der Waals surface area contributed by atoms with Crippen molar-refractivity contribution in [3.05, 3.63) is 42.2 Å². The van der Waals surface area contributed by atoms with Gasteiger partial charge in [-0.25, -0.2) is 0 Å². The van der Waals surface area contributed by atoms with Gasteiger partial charge < -0.3 is 14.0 Å². The van der Waals surface area contributed by atoms with Crippen molar-refractivity contribution in [3.63, 3.8) is 0 Å². The molecule has 0 aliphatic heterocycles. The Morgan fingerprint density at radius 3 is 2.80 bits per heavy atom. The first-order valence-electron chi connectivity index (χ1n) is 8.21. The summed E-state index contributed by atoms with van der Waals surface area (Å²) in [5.41, 5.74) is 1.17. The maximum atomic E-state index is 12.7. The van der Waals surface area contributed by atoms with Crippen LogP contribution in [0.25, 0.3) is 10.9 Å². The highest BCUT2D eigenvalue weighted by molar-refractivity contribution is 8.00. The van der Waals surface area contributed by atoms with Crippen LogP contribution in [0.2, 0.25) is 0 Å². The van der Waals surface area contributed by atoms with Gasteiger partial charge in [0.25, 0.3) is 0 Å². The molecule has 0 atom stereocenters. The number of rotatable bonds is 6. The third-order valence-corrected chi connectivity index (χ3v) is 5.06. The minimum absolute atomic E-state index is 0.0652. The van der Waals surface area contributed by atoms with Gasteiger partial charge in [0.15, 0.2) is 5.82 Å². The second-order valence-electron chi connectivity index (χ2n) is 6.26. The van der Waals surface area contributed by atoms with Gasteiger partial charge in [0.2, 0.25) is 11.8 Å². The van der Waals surface area contributed by atoms with Crippen LogP contribution in [0, 0.1) is 6.92 Å². The van der Waals surface area contributed by atoms with E-state index in [4.69, 9.17) is 4.52 Å². The minimum atomic E-state index is 0.0652. The highest BCUT2D eigenvalue weighted by Crippen LogP contribution is 2.29. The highest BCUT2D eigenvalue weighted by atomic mass is 32.2. The number of para-hydroxylation sites is 1. The quantitative estimate of drug-likeness (QED) is 0.632. The van der Waals surface area contributed by atoms with Gasteiger partial charge in [-0.05, 0) is 19.9 Å². The number of aromatic nitrogens is 3. The zero-order valence-electron chi connectivity index (χ0n) is 14.9. The predicted molar refractivity (Wildman–Crippen MR) is 98.4 cm³/mol. The Balaban J connectivity index is 1.70. The number of amides is 1. The van der Waals surface area contributed by atoms with Gasteiger partial charge in [-0.2, -0.15) is 4.98 Å². The number of nitrogens with zero attached hydrogens (tertiary/aromatic N) is 4. The third kappa shape index (κ3) is 3.87. The van der Waals surface area contributed by atoms with Gasteiger partial charge in [-0.3, -0.25) is 4.79 Å². The summed E-state index contributed by atoms with van der Waals surface area (Å²) in [5, 5.41) is 5.07. The molecular weight excluding hydrogens is 336 g/mol. The Labute approximate surface area is 151 Å². The second-order valence-corrected chi connectivity index (χ2v) is 7.27. The Kier molecular flexibility index (Phi) is 5.13. The van der Waals surface area contributed by atoms with E-state index >= 15 is 0 Å². The van der Waals surface area contributed by atoms with E-state index in [1.165, 1.54) is 10.9 Å². The van der Waals surface area contributed by atoms with Gasteiger partial charge in [0, 0.05) is 42.0 Å². The van der Waals surface area contributed by atoms with Crippen molar-refractivity contribution in [2.75, 3.05) is 5.75 Å². The minimum Gasteiger partial charge on any atom is -0.349 e. The number of benzene rings is 1. The molecule has 0 saturated carbocycles. The van der Waals surface area contributed by atoms with Crippen molar-refractivity contribution >= 4 is 28.6 Å². The van der Waals surface area contributed by atoms with Crippen molar-refractivity contribution < 1.29 is 9.32 Å². The number of hydrogen-bond donors (Lipinski definition) is 0. The van der Waals surface area contributed by atoms with Crippen LogP contribution in [0.1, 0.15) is 25.6 Å². The molecule has 0 radical (unpaired) electrons. The van der Waals surface area contributed by atoms with E-state index in [2.05, 4.69) is 33.0 Å². The number of carbonyl (C=O) groups excluding carboxylic acids is 1. The number of carbonyl (C=O) groups is 1. The summed E-state index contributed by atoms with van der Waals surface area (Å²) < 4.78 is 7.09. The first-order chi connectivity index (χ1) is 12.0. The Morgan fingerprint density at radius 2 is 2.12 bits per heavy atom. The molecule has 25 heavy (non-hydrogen) atoms. The summed E-state index contributed by atoms with van der Waals surface area (Å²) in [6.45, 7) is 6.10. The van der Waals surface area contributed by atoms with Crippen LogP contribution in [0.5, 0.6) is 0 Å². The van der Waals surface area contributed by atoms with Crippen molar-refractivity contribution in [2.45, 2.75) is 38.3 Å². The van der Waals surface area contributed by atoms with Gasteiger partial charge >= 0.3 is 0 Å². The van der Waals surface area contributed by atoms with Gasteiger partial charge in [0.05, 0.1) is 12.3 Å². The fraction of sp³-hybridized carbons (Fsp3) is 0.389. The summed E-state index contributed by atoms with van der Waals surface area (Å²) in [5.74, 6) is 1.49. The summed E-state index contributed by atoms with van der Waals surface area (Å²) in [7, 11) is 2.02. The topological polar surface area (TPSA) is 64.2 Å². The average molecular weight is 358 g/mol. The van der Waals surface area contributed by atoms with Crippen LogP contribution in [-0.4, -0.2) is 37.3 Å². The molecule has 0 bridgehead atoms. The highest BCUT2D eigenvalue weighted by Gasteiger charge is 2.20. The molecule has 1 amide bonds. The monoisotopic (exact) mass is 358 g/mol. The lowest BCUT2D eigenvalue weighted by Crippen LogP contribution is -2.37. The average Bonchev–Trinajstić information content (AvgIpc) is 3.14. The van der Waals surface area contributed by atoms with Crippen LogP contribution in [-0.2, 0) is 18.4 Å². The molecular formula is C18H22N4O2S. The second kappa shape index (κ2) is 7.31. The van der Waals surface area contributed by atoms with E-state index in [0.29, 0.717) is 24.0 Å². The Bertz CT molecular complexity index is 884. The van der Waals surface area contributed by atoms with Crippen molar-refractivity contribution in [1.82, 2.24) is 19.6 Å². The van der Waals surface area contributed by atoms with Gasteiger partial charge in [-0.1, -0.05) is 23.4 Å². The molecule has 3 aromatic rings. The van der Waals surface area contributed by atoms with Crippen LogP contribution >= 0.6 is 11.8 Å². The molecule has 7 heteroatoms. The van der Waals surface area contributed by atoms with Gasteiger partial charge in [0.1, 0.15) is 0 Å². The third-order valence-electron chi connectivity index (χ3n) is 4.04. The summed E-state index contributed by atoms with van der Waals surface area (Å²) in [6, 6.07) is 8.28. The maximum absolute atomic E-state index is 12.7. The Morgan fingerprint density at radius 1 is 1.36 bits per heavy atom. The smallest absolute Gasteiger partial charge is 0.233 e. The Hall–Kier alpha value is -2.28. The van der Waals surface area contributed by atoms with E-state index in [1.807, 2.05) is 33.0 Å². The van der Waals surface area contributed by atoms with Crippen LogP contribution in [0.3, 0.4) is 0 Å². The first-order valence-corrected chi connectivity index (χ1v) is 9.19. The number of aryl methyl sites for hydroxylation is 2. The molecule has 0 aliphatic rings. The van der Waals surface area contributed by atoms with E-state index in [1.54, 1.807) is 23.6 Å².